The Labute approximate surface area is 153 Å². The van der Waals surface area contributed by atoms with Gasteiger partial charge in [0.2, 0.25) is 5.75 Å². The third-order valence-corrected chi connectivity index (χ3v) is 4.03. The zero-order chi connectivity index (χ0) is 17.9. The summed E-state index contributed by atoms with van der Waals surface area (Å²) in [6, 6.07) is 6.51. The van der Waals surface area contributed by atoms with Crippen LogP contribution < -0.4 is 18.9 Å². The van der Waals surface area contributed by atoms with Gasteiger partial charge in [0.1, 0.15) is 0 Å². The van der Waals surface area contributed by atoms with Gasteiger partial charge in [-0.15, -0.1) is 0 Å². The molecule has 0 saturated heterocycles. The Bertz CT molecular complexity index is 728. The molecule has 0 aliphatic carbocycles. The molecule has 0 atom stereocenters. The monoisotopic (exact) mass is 414 g/mol. The van der Waals surface area contributed by atoms with Crippen molar-refractivity contribution in [3.8, 4) is 23.0 Å². The third kappa shape index (κ3) is 3.76. The summed E-state index contributed by atoms with van der Waals surface area (Å²) in [6.45, 7) is 1.80. The Balaban J connectivity index is 2.40. The van der Waals surface area contributed by atoms with Gasteiger partial charge in [0.05, 0.1) is 31.9 Å². The van der Waals surface area contributed by atoms with Gasteiger partial charge in [0.15, 0.2) is 17.2 Å². The highest BCUT2D eigenvalue weighted by molar-refractivity contribution is 9.10. The van der Waals surface area contributed by atoms with Crippen molar-refractivity contribution in [2.24, 2.45) is 0 Å². The van der Waals surface area contributed by atoms with E-state index in [-0.39, 0.29) is 5.56 Å². The normalized spacial score (nSPS) is 10.2. The predicted molar refractivity (Wildman–Crippen MR) is 94.9 cm³/mol. The number of benzene rings is 2. The van der Waals surface area contributed by atoms with Crippen molar-refractivity contribution in [2.75, 3.05) is 21.3 Å². The standard InChI is InChI=1S/C17H16BrClO5/c1-9-5-11(18)8-12(19)15(9)24-17(20)10-6-13(21-2)16(23-4)14(7-10)22-3/h5-8H,1-4H3. The van der Waals surface area contributed by atoms with Crippen LogP contribution in [-0.2, 0) is 0 Å². The lowest BCUT2D eigenvalue weighted by atomic mass is 10.1. The maximum atomic E-state index is 12.5. The second-order valence-electron chi connectivity index (χ2n) is 4.84. The fourth-order valence-corrected chi connectivity index (χ4v) is 3.18. The van der Waals surface area contributed by atoms with Crippen LogP contribution in [-0.4, -0.2) is 27.3 Å². The Morgan fingerprint density at radius 1 is 0.958 bits per heavy atom. The first-order valence-corrected chi connectivity index (χ1v) is 8.06. The number of hydrogen-bond acceptors (Lipinski definition) is 5. The lowest BCUT2D eigenvalue weighted by molar-refractivity contribution is 0.0732. The van der Waals surface area contributed by atoms with Crippen LogP contribution in [0.1, 0.15) is 15.9 Å². The van der Waals surface area contributed by atoms with Crippen molar-refractivity contribution in [2.45, 2.75) is 6.92 Å². The number of methoxy groups -OCH3 is 3. The highest BCUT2D eigenvalue weighted by Crippen LogP contribution is 2.39. The lowest BCUT2D eigenvalue weighted by Crippen LogP contribution is -2.11. The van der Waals surface area contributed by atoms with Crippen molar-refractivity contribution in [3.05, 3.63) is 44.9 Å². The van der Waals surface area contributed by atoms with Gasteiger partial charge >= 0.3 is 5.97 Å². The van der Waals surface area contributed by atoms with Crippen LogP contribution in [0.2, 0.25) is 5.02 Å². The van der Waals surface area contributed by atoms with Crippen LogP contribution in [0.25, 0.3) is 0 Å². The first-order valence-electron chi connectivity index (χ1n) is 6.89. The molecule has 0 spiro atoms. The number of carbonyl (C=O) groups excluding carboxylic acids is 1. The fraction of sp³-hybridized carbons (Fsp3) is 0.235. The Morgan fingerprint density at radius 2 is 1.54 bits per heavy atom. The molecule has 0 radical (unpaired) electrons. The molecule has 0 fully saturated rings. The zero-order valence-corrected chi connectivity index (χ0v) is 15.9. The lowest BCUT2D eigenvalue weighted by Gasteiger charge is -2.14. The number of carbonyl (C=O) groups is 1. The largest absolute Gasteiger partial charge is 0.493 e. The quantitative estimate of drug-likeness (QED) is 0.525. The summed E-state index contributed by atoms with van der Waals surface area (Å²) in [5.41, 5.74) is 0.984. The van der Waals surface area contributed by atoms with Gasteiger partial charge in [-0.25, -0.2) is 4.79 Å². The number of hydrogen-bond donors (Lipinski definition) is 0. The van der Waals surface area contributed by atoms with Gasteiger partial charge < -0.3 is 18.9 Å². The molecule has 0 bridgehead atoms. The SMILES string of the molecule is COc1cc(C(=O)Oc2c(C)cc(Br)cc2Cl)cc(OC)c1OC. The number of esters is 1. The average molecular weight is 416 g/mol. The number of halogens is 2. The minimum absolute atomic E-state index is 0.253. The summed E-state index contributed by atoms with van der Waals surface area (Å²) < 4.78 is 22.0. The molecule has 128 valence electrons. The smallest absolute Gasteiger partial charge is 0.343 e. The van der Waals surface area contributed by atoms with Gasteiger partial charge in [0.25, 0.3) is 0 Å². The minimum atomic E-state index is -0.582. The topological polar surface area (TPSA) is 54.0 Å². The molecule has 0 amide bonds. The maximum Gasteiger partial charge on any atom is 0.343 e. The van der Waals surface area contributed by atoms with Crippen LogP contribution in [0.4, 0.5) is 0 Å². The highest BCUT2D eigenvalue weighted by Gasteiger charge is 2.20. The molecule has 7 heteroatoms. The molecule has 24 heavy (non-hydrogen) atoms. The van der Waals surface area contributed by atoms with Crippen molar-refractivity contribution in [1.82, 2.24) is 0 Å². The van der Waals surface area contributed by atoms with Crippen molar-refractivity contribution in [3.63, 3.8) is 0 Å². The Hall–Kier alpha value is -1.92. The molecular formula is C17H16BrClO5. The van der Waals surface area contributed by atoms with E-state index < -0.39 is 5.97 Å². The van der Waals surface area contributed by atoms with Gasteiger partial charge in [-0.1, -0.05) is 27.5 Å². The molecule has 0 aromatic heterocycles. The summed E-state index contributed by atoms with van der Waals surface area (Å²) in [7, 11) is 4.44. The molecule has 0 aliphatic heterocycles. The van der Waals surface area contributed by atoms with Crippen molar-refractivity contribution < 1.29 is 23.7 Å². The molecule has 0 unspecified atom stereocenters. The summed E-state index contributed by atoms with van der Waals surface area (Å²) >= 11 is 9.49. The van der Waals surface area contributed by atoms with E-state index in [0.29, 0.717) is 28.0 Å². The summed E-state index contributed by atoms with van der Waals surface area (Å²) in [4.78, 5) is 12.5. The van der Waals surface area contributed by atoms with Crippen molar-refractivity contribution in [1.29, 1.82) is 0 Å². The van der Waals surface area contributed by atoms with Crippen LogP contribution in [0, 0.1) is 6.92 Å². The zero-order valence-electron chi connectivity index (χ0n) is 13.6. The van der Waals surface area contributed by atoms with Gasteiger partial charge in [-0.05, 0) is 36.8 Å². The highest BCUT2D eigenvalue weighted by atomic mass is 79.9. The van der Waals surface area contributed by atoms with Gasteiger partial charge in [-0.2, -0.15) is 0 Å². The molecule has 2 rings (SSSR count). The van der Waals surface area contributed by atoms with Crippen LogP contribution in [0.3, 0.4) is 0 Å². The van der Waals surface area contributed by atoms with E-state index in [9.17, 15) is 4.79 Å². The van der Waals surface area contributed by atoms with E-state index in [1.807, 2.05) is 6.07 Å². The number of ether oxygens (including phenoxy) is 4. The molecule has 0 saturated carbocycles. The molecular weight excluding hydrogens is 400 g/mol. The maximum absolute atomic E-state index is 12.5. The van der Waals surface area contributed by atoms with Crippen LogP contribution >= 0.6 is 27.5 Å². The number of rotatable bonds is 5. The second-order valence-corrected chi connectivity index (χ2v) is 6.16. The van der Waals surface area contributed by atoms with E-state index in [2.05, 4.69) is 15.9 Å². The Kier molecular flexibility index (Phi) is 5.96. The summed E-state index contributed by atoms with van der Waals surface area (Å²) in [5.74, 6) is 0.847. The first-order chi connectivity index (χ1) is 11.4. The van der Waals surface area contributed by atoms with Crippen LogP contribution in [0.15, 0.2) is 28.7 Å². The van der Waals surface area contributed by atoms with E-state index >= 15 is 0 Å². The molecule has 2 aromatic carbocycles. The first kappa shape index (κ1) is 18.4. The molecule has 0 aliphatic rings. The van der Waals surface area contributed by atoms with Crippen LogP contribution in [0.5, 0.6) is 23.0 Å². The van der Waals surface area contributed by atoms with Gasteiger partial charge in [0, 0.05) is 4.47 Å². The van der Waals surface area contributed by atoms with E-state index in [0.717, 1.165) is 10.0 Å². The average Bonchev–Trinajstić information content (AvgIpc) is 2.56. The molecule has 0 N–H and O–H groups in total. The molecule has 2 aromatic rings. The fourth-order valence-electron chi connectivity index (χ4n) is 2.17. The van der Waals surface area contributed by atoms with E-state index in [1.54, 1.807) is 13.0 Å². The molecule has 5 nitrogen and oxygen atoms in total. The van der Waals surface area contributed by atoms with E-state index in [1.165, 1.54) is 33.5 Å². The van der Waals surface area contributed by atoms with E-state index in [4.69, 9.17) is 30.5 Å². The summed E-state index contributed by atoms with van der Waals surface area (Å²) in [6.07, 6.45) is 0. The molecule has 0 heterocycles. The van der Waals surface area contributed by atoms with Gasteiger partial charge in [-0.3, -0.25) is 0 Å². The van der Waals surface area contributed by atoms with Crippen molar-refractivity contribution >= 4 is 33.5 Å². The number of aryl methyl sites for hydroxylation is 1. The summed E-state index contributed by atoms with van der Waals surface area (Å²) in [5, 5.41) is 0.336. The predicted octanol–water partition coefficient (Wildman–Crippen LogP) is 4.66. The third-order valence-electron chi connectivity index (χ3n) is 3.29. The second kappa shape index (κ2) is 7.77. The Morgan fingerprint density at radius 3 is 2.00 bits per heavy atom. The minimum Gasteiger partial charge on any atom is -0.493 e.